The Bertz CT molecular complexity index is 1020. The van der Waals surface area contributed by atoms with Crippen LogP contribution in [-0.4, -0.2) is 54.0 Å². The van der Waals surface area contributed by atoms with Crippen molar-refractivity contribution in [1.82, 2.24) is 24.6 Å². The molecule has 5 rings (SSSR count). The fourth-order valence-corrected chi connectivity index (χ4v) is 5.72. The van der Waals surface area contributed by atoms with E-state index in [0.717, 1.165) is 18.5 Å². The largest absolute Gasteiger partial charge is 0.507 e. The molecule has 3 aromatic rings. The van der Waals surface area contributed by atoms with Crippen LogP contribution < -0.4 is 4.74 Å². The summed E-state index contributed by atoms with van der Waals surface area (Å²) in [6.45, 7) is 4.66. The third-order valence-corrected chi connectivity index (χ3v) is 7.69. The number of aromatic nitrogens is 4. The van der Waals surface area contributed by atoms with Gasteiger partial charge in [0, 0.05) is 42.4 Å². The van der Waals surface area contributed by atoms with Crippen LogP contribution in [0.4, 0.5) is 0 Å². The number of aromatic hydroxyl groups is 1. The van der Waals surface area contributed by atoms with Crippen LogP contribution in [0.25, 0.3) is 16.3 Å². The third kappa shape index (κ3) is 3.11. The van der Waals surface area contributed by atoms with Gasteiger partial charge in [-0.1, -0.05) is 16.4 Å². The number of piperidine rings is 1. The lowest BCUT2D eigenvalue weighted by atomic mass is 9.84. The van der Waals surface area contributed by atoms with Crippen molar-refractivity contribution in [1.29, 1.82) is 0 Å². The molecule has 1 aromatic carbocycles. The maximum absolute atomic E-state index is 10.5. The number of fused-ring (bicyclic) bond motifs is 2. The Kier molecular flexibility index (Phi) is 4.18. The van der Waals surface area contributed by atoms with E-state index >= 15 is 0 Å². The molecule has 152 valence electrons. The van der Waals surface area contributed by atoms with Gasteiger partial charge in [0.1, 0.15) is 11.9 Å². The van der Waals surface area contributed by atoms with E-state index in [-0.39, 0.29) is 22.9 Å². The summed E-state index contributed by atoms with van der Waals surface area (Å²) in [5.74, 6) is 0.163. The summed E-state index contributed by atoms with van der Waals surface area (Å²) in [4.78, 5) is 6.57. The molecule has 2 saturated heterocycles. The molecule has 3 atom stereocenters. The molecule has 2 aliphatic rings. The van der Waals surface area contributed by atoms with E-state index in [4.69, 9.17) is 4.74 Å². The molecule has 29 heavy (non-hydrogen) atoms. The van der Waals surface area contributed by atoms with Crippen LogP contribution in [0.5, 0.6) is 10.9 Å². The maximum Gasteiger partial charge on any atom is 0.294 e. The lowest BCUT2D eigenvalue weighted by molar-refractivity contribution is -0.0252. The zero-order valence-corrected chi connectivity index (χ0v) is 17.7. The van der Waals surface area contributed by atoms with Crippen molar-refractivity contribution in [2.45, 2.75) is 56.7 Å². The van der Waals surface area contributed by atoms with Crippen molar-refractivity contribution in [2.24, 2.45) is 0 Å². The highest BCUT2D eigenvalue weighted by atomic mass is 32.1. The van der Waals surface area contributed by atoms with E-state index in [2.05, 4.69) is 41.0 Å². The predicted molar refractivity (Wildman–Crippen MR) is 112 cm³/mol. The Morgan fingerprint density at radius 3 is 2.59 bits per heavy atom. The zero-order valence-electron chi connectivity index (χ0n) is 16.9. The van der Waals surface area contributed by atoms with Gasteiger partial charge in [-0.25, -0.2) is 4.98 Å². The molecular formula is C21H25N5O2S. The third-order valence-electron chi connectivity index (χ3n) is 6.84. The van der Waals surface area contributed by atoms with Gasteiger partial charge in [-0.2, -0.15) is 0 Å². The van der Waals surface area contributed by atoms with Crippen LogP contribution in [0, 0.1) is 0 Å². The summed E-state index contributed by atoms with van der Waals surface area (Å²) in [6.07, 6.45) is 9.79. The van der Waals surface area contributed by atoms with Gasteiger partial charge in [-0.15, -0.1) is 5.10 Å². The normalized spacial score (nSPS) is 29.3. The molecule has 0 radical (unpaired) electrons. The number of phenolic OH excluding ortho intramolecular Hbond substituents is 1. The first-order valence-electron chi connectivity index (χ1n) is 9.92. The second-order valence-electron chi connectivity index (χ2n) is 8.75. The lowest BCUT2D eigenvalue weighted by Gasteiger charge is -2.48. The fourth-order valence-electron chi connectivity index (χ4n) is 4.92. The van der Waals surface area contributed by atoms with Crippen molar-refractivity contribution >= 4 is 11.3 Å². The van der Waals surface area contributed by atoms with Crippen LogP contribution in [0.3, 0.4) is 0 Å². The minimum Gasteiger partial charge on any atom is -0.507 e. The minimum absolute atomic E-state index is 0.140. The first-order valence-corrected chi connectivity index (χ1v) is 10.7. The Hall–Kier alpha value is -2.45. The molecule has 2 aliphatic heterocycles. The SMILES string of the molecule is CN1[C@@]2(C)CC[C@]1(C)C[C@@H](Oc1nnc(-c3ccc(-n4ccnc4)cc3O)s1)C2. The van der Waals surface area contributed by atoms with Crippen molar-refractivity contribution < 1.29 is 9.84 Å². The lowest BCUT2D eigenvalue weighted by Crippen LogP contribution is -2.57. The van der Waals surface area contributed by atoms with E-state index in [0.29, 0.717) is 15.8 Å². The molecule has 2 fully saturated rings. The van der Waals surface area contributed by atoms with Crippen molar-refractivity contribution in [3.8, 4) is 27.2 Å². The zero-order chi connectivity index (χ0) is 20.2. The minimum atomic E-state index is 0.140. The van der Waals surface area contributed by atoms with Crippen molar-refractivity contribution in [2.75, 3.05) is 7.05 Å². The molecular weight excluding hydrogens is 386 g/mol. The summed E-state index contributed by atoms with van der Waals surface area (Å²) in [5.41, 5.74) is 1.87. The first kappa shape index (κ1) is 18.6. The van der Waals surface area contributed by atoms with Gasteiger partial charge in [-0.05, 0) is 45.9 Å². The number of benzene rings is 1. The van der Waals surface area contributed by atoms with E-state index < -0.39 is 0 Å². The summed E-state index contributed by atoms with van der Waals surface area (Å²) in [5, 5.41) is 20.2. The molecule has 2 bridgehead atoms. The molecule has 0 aliphatic carbocycles. The summed E-state index contributed by atoms with van der Waals surface area (Å²) in [7, 11) is 2.24. The van der Waals surface area contributed by atoms with Crippen LogP contribution in [-0.2, 0) is 0 Å². The van der Waals surface area contributed by atoms with Crippen molar-refractivity contribution in [3.05, 3.63) is 36.9 Å². The average molecular weight is 412 g/mol. The number of ether oxygens (including phenoxy) is 1. The van der Waals surface area contributed by atoms with Gasteiger partial charge in [-0.3, -0.25) is 4.90 Å². The first-order chi connectivity index (χ1) is 13.9. The second kappa shape index (κ2) is 6.53. The van der Waals surface area contributed by atoms with E-state index in [1.165, 1.54) is 24.2 Å². The number of nitrogens with zero attached hydrogens (tertiary/aromatic N) is 5. The van der Waals surface area contributed by atoms with Gasteiger partial charge in [0.15, 0.2) is 5.01 Å². The standard InChI is InChI=1S/C21H25N5O2S/c1-20-6-7-21(2,25(20)3)12-15(11-20)28-19-24-23-18(29-19)16-5-4-14(10-17(16)27)26-9-8-22-13-26/h4-5,8-10,13,15,27H,6-7,11-12H2,1-3H3/t15-,20-,21+. The van der Waals surface area contributed by atoms with Gasteiger partial charge >= 0.3 is 0 Å². The Balaban J connectivity index is 1.34. The molecule has 7 nitrogen and oxygen atoms in total. The Labute approximate surface area is 174 Å². The van der Waals surface area contributed by atoms with Gasteiger partial charge in [0.2, 0.25) is 0 Å². The van der Waals surface area contributed by atoms with E-state index in [1.807, 2.05) is 22.9 Å². The molecule has 0 spiro atoms. The van der Waals surface area contributed by atoms with Crippen molar-refractivity contribution in [3.63, 3.8) is 0 Å². The predicted octanol–water partition coefficient (Wildman–Crippen LogP) is 3.88. The summed E-state index contributed by atoms with van der Waals surface area (Å²) >= 11 is 1.38. The molecule has 2 aromatic heterocycles. The monoisotopic (exact) mass is 411 g/mol. The van der Waals surface area contributed by atoms with Crippen LogP contribution >= 0.6 is 11.3 Å². The molecule has 0 unspecified atom stereocenters. The molecule has 0 amide bonds. The fraction of sp³-hybridized carbons (Fsp3) is 0.476. The van der Waals surface area contributed by atoms with E-state index in [1.54, 1.807) is 18.6 Å². The highest BCUT2D eigenvalue weighted by Crippen LogP contribution is 2.50. The maximum atomic E-state index is 10.5. The van der Waals surface area contributed by atoms with Crippen LogP contribution in [0.1, 0.15) is 39.5 Å². The highest BCUT2D eigenvalue weighted by Gasteiger charge is 2.54. The van der Waals surface area contributed by atoms with Crippen LogP contribution in [0.2, 0.25) is 0 Å². The summed E-state index contributed by atoms with van der Waals surface area (Å²) < 4.78 is 8.10. The summed E-state index contributed by atoms with van der Waals surface area (Å²) in [6, 6.07) is 5.48. The topological polar surface area (TPSA) is 76.3 Å². The molecule has 1 N–H and O–H groups in total. The number of phenols is 1. The number of hydrogen-bond acceptors (Lipinski definition) is 7. The van der Waals surface area contributed by atoms with Gasteiger partial charge in [0.25, 0.3) is 5.19 Å². The smallest absolute Gasteiger partial charge is 0.294 e. The van der Waals surface area contributed by atoms with Gasteiger partial charge < -0.3 is 14.4 Å². The molecule has 4 heterocycles. The Morgan fingerprint density at radius 2 is 1.93 bits per heavy atom. The Morgan fingerprint density at radius 1 is 1.17 bits per heavy atom. The second-order valence-corrected chi connectivity index (χ2v) is 9.69. The van der Waals surface area contributed by atoms with Gasteiger partial charge in [0.05, 0.1) is 17.6 Å². The average Bonchev–Trinajstić information content (AvgIpc) is 3.39. The number of imidazole rings is 1. The highest BCUT2D eigenvalue weighted by molar-refractivity contribution is 7.16. The number of hydrogen-bond donors (Lipinski definition) is 1. The van der Waals surface area contributed by atoms with Crippen LogP contribution in [0.15, 0.2) is 36.9 Å². The quantitative estimate of drug-likeness (QED) is 0.702. The van der Waals surface area contributed by atoms with E-state index in [9.17, 15) is 5.11 Å². The molecule has 8 heteroatoms. The molecule has 0 saturated carbocycles. The number of rotatable bonds is 4.